The zero-order chi connectivity index (χ0) is 11.8. The summed E-state index contributed by atoms with van der Waals surface area (Å²) in [5.74, 6) is -0.194. The highest BCUT2D eigenvalue weighted by Gasteiger charge is 2.30. The standard InChI is InChI=1S/C11H10F3NO/c12-11(13,14)9-4-2-8(3-5-9)10(16)15-6-1-7-15/h2-5H,1,6-7H2. The summed E-state index contributed by atoms with van der Waals surface area (Å²) in [6, 6.07) is 4.33. The van der Waals surface area contributed by atoms with Crippen molar-refractivity contribution in [3.05, 3.63) is 35.4 Å². The van der Waals surface area contributed by atoms with Crippen LogP contribution >= 0.6 is 0 Å². The molecular weight excluding hydrogens is 219 g/mol. The Morgan fingerprint density at radius 1 is 1.12 bits per heavy atom. The molecule has 0 atom stereocenters. The molecule has 0 aromatic heterocycles. The van der Waals surface area contributed by atoms with E-state index < -0.39 is 11.7 Å². The highest BCUT2D eigenvalue weighted by molar-refractivity contribution is 5.94. The van der Waals surface area contributed by atoms with Crippen molar-refractivity contribution >= 4 is 5.91 Å². The molecule has 1 aromatic rings. The Balaban J connectivity index is 2.15. The normalized spacial score (nSPS) is 15.8. The third kappa shape index (κ3) is 2.03. The van der Waals surface area contributed by atoms with Crippen molar-refractivity contribution in [2.75, 3.05) is 13.1 Å². The van der Waals surface area contributed by atoms with Crippen LogP contribution in [0.4, 0.5) is 13.2 Å². The predicted molar refractivity (Wildman–Crippen MR) is 52.0 cm³/mol. The molecule has 2 nitrogen and oxygen atoms in total. The van der Waals surface area contributed by atoms with Crippen molar-refractivity contribution in [3.8, 4) is 0 Å². The molecule has 1 heterocycles. The van der Waals surface area contributed by atoms with E-state index in [1.54, 1.807) is 4.90 Å². The molecule has 5 heteroatoms. The number of carbonyl (C=O) groups is 1. The molecule has 1 aliphatic heterocycles. The largest absolute Gasteiger partial charge is 0.416 e. The van der Waals surface area contributed by atoms with Crippen LogP contribution in [0.2, 0.25) is 0 Å². The van der Waals surface area contributed by atoms with Crippen molar-refractivity contribution in [3.63, 3.8) is 0 Å². The molecule has 0 unspecified atom stereocenters. The van der Waals surface area contributed by atoms with Gasteiger partial charge in [-0.05, 0) is 30.7 Å². The number of hydrogen-bond donors (Lipinski definition) is 0. The van der Waals surface area contributed by atoms with Crippen LogP contribution in [-0.4, -0.2) is 23.9 Å². The van der Waals surface area contributed by atoms with E-state index in [0.717, 1.165) is 18.6 Å². The lowest BCUT2D eigenvalue weighted by Crippen LogP contribution is -2.42. The van der Waals surface area contributed by atoms with Crippen LogP contribution in [0.5, 0.6) is 0 Å². The minimum atomic E-state index is -4.35. The van der Waals surface area contributed by atoms with E-state index in [2.05, 4.69) is 0 Å². The molecule has 0 spiro atoms. The van der Waals surface area contributed by atoms with Crippen LogP contribution in [0, 0.1) is 0 Å². The minimum Gasteiger partial charge on any atom is -0.339 e. The van der Waals surface area contributed by atoms with Gasteiger partial charge in [0.25, 0.3) is 5.91 Å². The van der Waals surface area contributed by atoms with E-state index in [1.807, 2.05) is 0 Å². The fourth-order valence-electron chi connectivity index (χ4n) is 1.50. The summed E-state index contributed by atoms with van der Waals surface area (Å²) in [6.07, 6.45) is -3.38. The smallest absolute Gasteiger partial charge is 0.339 e. The summed E-state index contributed by atoms with van der Waals surface area (Å²) < 4.78 is 36.8. The molecule has 1 saturated heterocycles. The summed E-state index contributed by atoms with van der Waals surface area (Å²) in [7, 11) is 0. The number of nitrogens with zero attached hydrogens (tertiary/aromatic N) is 1. The maximum absolute atomic E-state index is 12.3. The number of halogens is 3. The second-order valence-corrected chi connectivity index (χ2v) is 3.72. The Labute approximate surface area is 90.7 Å². The zero-order valence-corrected chi connectivity index (χ0v) is 8.42. The van der Waals surface area contributed by atoms with E-state index in [9.17, 15) is 18.0 Å². The van der Waals surface area contributed by atoms with Crippen LogP contribution in [0.1, 0.15) is 22.3 Å². The van der Waals surface area contributed by atoms with Gasteiger partial charge in [0.1, 0.15) is 0 Å². The average molecular weight is 229 g/mol. The van der Waals surface area contributed by atoms with Crippen molar-refractivity contribution in [1.82, 2.24) is 4.90 Å². The monoisotopic (exact) mass is 229 g/mol. The van der Waals surface area contributed by atoms with E-state index in [1.165, 1.54) is 12.1 Å². The van der Waals surface area contributed by atoms with Crippen LogP contribution in [-0.2, 0) is 6.18 Å². The van der Waals surface area contributed by atoms with E-state index in [-0.39, 0.29) is 5.91 Å². The minimum absolute atomic E-state index is 0.194. The van der Waals surface area contributed by atoms with Gasteiger partial charge in [0.2, 0.25) is 0 Å². The SMILES string of the molecule is O=C(c1ccc(C(F)(F)F)cc1)N1CCC1. The highest BCUT2D eigenvalue weighted by Crippen LogP contribution is 2.29. The van der Waals surface area contributed by atoms with Gasteiger partial charge in [0.05, 0.1) is 5.56 Å². The van der Waals surface area contributed by atoms with Crippen molar-refractivity contribution < 1.29 is 18.0 Å². The first-order chi connectivity index (χ1) is 7.48. The molecule has 0 saturated carbocycles. The van der Waals surface area contributed by atoms with Gasteiger partial charge in [-0.15, -0.1) is 0 Å². The molecule has 1 amide bonds. The lowest BCUT2D eigenvalue weighted by molar-refractivity contribution is -0.137. The Kier molecular flexibility index (Phi) is 2.61. The Hall–Kier alpha value is -1.52. The number of likely N-dealkylation sites (tertiary alicyclic amines) is 1. The molecule has 16 heavy (non-hydrogen) atoms. The maximum atomic E-state index is 12.3. The van der Waals surface area contributed by atoms with E-state index in [4.69, 9.17) is 0 Å². The molecule has 1 fully saturated rings. The fraction of sp³-hybridized carbons (Fsp3) is 0.364. The van der Waals surface area contributed by atoms with Crippen molar-refractivity contribution in [1.29, 1.82) is 0 Å². The topological polar surface area (TPSA) is 20.3 Å². The fourth-order valence-corrected chi connectivity index (χ4v) is 1.50. The van der Waals surface area contributed by atoms with E-state index >= 15 is 0 Å². The number of amides is 1. The maximum Gasteiger partial charge on any atom is 0.416 e. The quantitative estimate of drug-likeness (QED) is 0.724. The van der Waals surface area contributed by atoms with Gasteiger partial charge in [0.15, 0.2) is 0 Å². The third-order valence-corrected chi connectivity index (χ3v) is 2.60. The number of hydrogen-bond acceptors (Lipinski definition) is 1. The summed E-state index contributed by atoms with van der Waals surface area (Å²) in [4.78, 5) is 13.2. The number of benzene rings is 1. The molecule has 1 aliphatic rings. The number of alkyl halides is 3. The Morgan fingerprint density at radius 3 is 2.06 bits per heavy atom. The first-order valence-corrected chi connectivity index (χ1v) is 4.95. The van der Waals surface area contributed by atoms with Crippen molar-refractivity contribution in [2.45, 2.75) is 12.6 Å². The van der Waals surface area contributed by atoms with Gasteiger partial charge in [-0.3, -0.25) is 4.79 Å². The Morgan fingerprint density at radius 2 is 1.69 bits per heavy atom. The van der Waals surface area contributed by atoms with Gasteiger partial charge in [-0.2, -0.15) is 13.2 Å². The molecule has 2 rings (SSSR count). The predicted octanol–water partition coefficient (Wildman–Crippen LogP) is 2.55. The molecule has 0 N–H and O–H groups in total. The molecular formula is C11H10F3NO. The van der Waals surface area contributed by atoms with Gasteiger partial charge >= 0.3 is 6.18 Å². The van der Waals surface area contributed by atoms with Crippen molar-refractivity contribution in [2.24, 2.45) is 0 Å². The number of carbonyl (C=O) groups excluding carboxylic acids is 1. The van der Waals surface area contributed by atoms with Gasteiger partial charge < -0.3 is 4.90 Å². The van der Waals surface area contributed by atoms with Crippen LogP contribution < -0.4 is 0 Å². The molecule has 1 aromatic carbocycles. The lowest BCUT2D eigenvalue weighted by atomic mass is 10.1. The molecule has 86 valence electrons. The summed E-state index contributed by atoms with van der Waals surface area (Å²) in [5.41, 5.74) is -0.416. The van der Waals surface area contributed by atoms with Crippen LogP contribution in [0.15, 0.2) is 24.3 Å². The molecule has 0 aliphatic carbocycles. The third-order valence-electron chi connectivity index (χ3n) is 2.60. The second-order valence-electron chi connectivity index (χ2n) is 3.72. The van der Waals surface area contributed by atoms with Gasteiger partial charge in [-0.25, -0.2) is 0 Å². The summed E-state index contributed by atoms with van der Waals surface area (Å²) in [6.45, 7) is 1.39. The van der Waals surface area contributed by atoms with Gasteiger partial charge in [0, 0.05) is 18.7 Å². The average Bonchev–Trinajstić information content (AvgIpc) is 2.14. The van der Waals surface area contributed by atoms with E-state index in [0.29, 0.717) is 18.7 Å². The summed E-state index contributed by atoms with van der Waals surface area (Å²) >= 11 is 0. The van der Waals surface area contributed by atoms with Crippen LogP contribution in [0.3, 0.4) is 0 Å². The second kappa shape index (κ2) is 3.81. The molecule has 0 bridgehead atoms. The van der Waals surface area contributed by atoms with Crippen LogP contribution in [0.25, 0.3) is 0 Å². The lowest BCUT2D eigenvalue weighted by Gasteiger charge is -2.30. The Bertz CT molecular complexity index is 393. The highest BCUT2D eigenvalue weighted by atomic mass is 19.4. The summed E-state index contributed by atoms with van der Waals surface area (Å²) in [5, 5.41) is 0. The first kappa shape index (κ1) is 11.0. The first-order valence-electron chi connectivity index (χ1n) is 4.95. The molecule has 0 radical (unpaired) electrons. The number of rotatable bonds is 1. The van der Waals surface area contributed by atoms with Gasteiger partial charge in [-0.1, -0.05) is 0 Å². The zero-order valence-electron chi connectivity index (χ0n) is 8.42.